The van der Waals surface area contributed by atoms with Crippen LogP contribution in [0.5, 0.6) is 0 Å². The molecule has 2 rings (SSSR count). The summed E-state index contributed by atoms with van der Waals surface area (Å²) < 4.78 is 2.16. The van der Waals surface area contributed by atoms with Crippen molar-refractivity contribution >= 4 is 11.0 Å². The molecule has 3 nitrogen and oxygen atoms in total. The minimum Gasteiger partial charge on any atom is -0.331 e. The first-order valence-electron chi connectivity index (χ1n) is 7.29. The average molecular weight is 269 g/mol. The molecule has 106 valence electrons. The van der Waals surface area contributed by atoms with E-state index in [-0.39, 0.29) is 5.92 Å². The molecule has 1 aromatic carbocycles. The number of aromatic nitrogens is 2. The van der Waals surface area contributed by atoms with Gasteiger partial charge in [-0.3, -0.25) is 0 Å². The number of hydrogen-bond acceptors (Lipinski definition) is 2. The quantitative estimate of drug-likeness (QED) is 0.840. The van der Waals surface area contributed by atoms with Crippen molar-refractivity contribution in [3.63, 3.8) is 0 Å². The molecule has 20 heavy (non-hydrogen) atoms. The van der Waals surface area contributed by atoms with Crippen LogP contribution in [0.3, 0.4) is 0 Å². The summed E-state index contributed by atoms with van der Waals surface area (Å²) in [5, 5.41) is 9.34. The molecular weight excluding hydrogens is 246 g/mol. The van der Waals surface area contributed by atoms with Crippen molar-refractivity contribution < 1.29 is 0 Å². The molecule has 0 saturated heterocycles. The predicted octanol–water partition coefficient (Wildman–Crippen LogP) is 4.03. The van der Waals surface area contributed by atoms with Crippen LogP contribution in [-0.2, 0) is 13.5 Å². The van der Waals surface area contributed by atoms with Gasteiger partial charge >= 0.3 is 0 Å². The van der Waals surface area contributed by atoms with Crippen molar-refractivity contribution in [2.24, 2.45) is 18.9 Å². The van der Waals surface area contributed by atoms with Crippen LogP contribution < -0.4 is 0 Å². The average Bonchev–Trinajstić information content (AvgIpc) is 2.66. The van der Waals surface area contributed by atoms with Crippen LogP contribution in [-0.4, -0.2) is 9.55 Å². The Morgan fingerprint density at radius 3 is 2.50 bits per heavy atom. The van der Waals surface area contributed by atoms with Gasteiger partial charge in [0.05, 0.1) is 23.0 Å². The first-order chi connectivity index (χ1) is 9.43. The molecular formula is C17H23N3. The maximum absolute atomic E-state index is 9.34. The topological polar surface area (TPSA) is 41.6 Å². The number of nitrogens with zero attached hydrogens (tertiary/aromatic N) is 3. The summed E-state index contributed by atoms with van der Waals surface area (Å²) in [6, 6.07) is 8.62. The van der Waals surface area contributed by atoms with Crippen LogP contribution >= 0.6 is 0 Å². The molecule has 1 unspecified atom stereocenters. The SMILES string of the molecule is CC(C)Cc1nc2ccc(C(C#N)C(C)C)cc2n1C. The van der Waals surface area contributed by atoms with Crippen molar-refractivity contribution in [2.75, 3.05) is 0 Å². The van der Waals surface area contributed by atoms with Gasteiger partial charge < -0.3 is 4.57 Å². The first kappa shape index (κ1) is 14.6. The van der Waals surface area contributed by atoms with Gasteiger partial charge in [-0.25, -0.2) is 4.98 Å². The van der Waals surface area contributed by atoms with E-state index in [0.717, 1.165) is 28.8 Å². The lowest BCUT2D eigenvalue weighted by Gasteiger charge is -2.13. The molecule has 1 atom stereocenters. The van der Waals surface area contributed by atoms with E-state index >= 15 is 0 Å². The Morgan fingerprint density at radius 2 is 1.95 bits per heavy atom. The third-order valence-corrected chi connectivity index (χ3v) is 3.75. The van der Waals surface area contributed by atoms with Gasteiger partial charge in [0, 0.05) is 13.5 Å². The minimum atomic E-state index is -0.0529. The molecule has 0 radical (unpaired) electrons. The maximum Gasteiger partial charge on any atom is 0.109 e. The molecule has 0 aliphatic carbocycles. The molecule has 2 aromatic rings. The molecule has 0 amide bonds. The number of rotatable bonds is 4. The van der Waals surface area contributed by atoms with Crippen LogP contribution in [0.2, 0.25) is 0 Å². The van der Waals surface area contributed by atoms with E-state index in [1.807, 2.05) is 12.1 Å². The second kappa shape index (κ2) is 5.66. The number of nitriles is 1. The fourth-order valence-corrected chi connectivity index (χ4v) is 2.61. The molecule has 0 bridgehead atoms. The standard InChI is InChI=1S/C17H23N3/c1-11(2)8-17-19-15-7-6-13(9-16(15)20(17)5)14(10-18)12(3)4/h6-7,9,11-12,14H,8H2,1-5H3. The Hall–Kier alpha value is -1.82. The van der Waals surface area contributed by atoms with Gasteiger partial charge in [0.15, 0.2) is 0 Å². The molecule has 0 fully saturated rings. The minimum absolute atomic E-state index is 0.0529. The lowest BCUT2D eigenvalue weighted by molar-refractivity contribution is 0.587. The van der Waals surface area contributed by atoms with Gasteiger partial charge in [-0.2, -0.15) is 5.26 Å². The second-order valence-corrected chi connectivity index (χ2v) is 6.28. The second-order valence-electron chi connectivity index (χ2n) is 6.28. The Balaban J connectivity index is 2.49. The Labute approximate surface area is 121 Å². The van der Waals surface area contributed by atoms with Gasteiger partial charge in [-0.1, -0.05) is 33.8 Å². The third kappa shape index (κ3) is 2.70. The highest BCUT2D eigenvalue weighted by Gasteiger charge is 2.17. The van der Waals surface area contributed by atoms with Gasteiger partial charge in [0.2, 0.25) is 0 Å². The fourth-order valence-electron chi connectivity index (χ4n) is 2.61. The normalized spacial score (nSPS) is 13.1. The molecule has 1 aromatic heterocycles. The first-order valence-corrected chi connectivity index (χ1v) is 7.29. The van der Waals surface area contributed by atoms with Crippen LogP contribution in [0.15, 0.2) is 18.2 Å². The summed E-state index contributed by atoms with van der Waals surface area (Å²) in [5.41, 5.74) is 3.24. The van der Waals surface area contributed by atoms with Crippen molar-refractivity contribution in [1.29, 1.82) is 5.26 Å². The van der Waals surface area contributed by atoms with Crippen LogP contribution in [0.1, 0.15) is 45.0 Å². The van der Waals surface area contributed by atoms with E-state index in [9.17, 15) is 5.26 Å². The lowest BCUT2D eigenvalue weighted by Crippen LogP contribution is -2.05. The molecule has 0 spiro atoms. The zero-order chi connectivity index (χ0) is 14.9. The highest BCUT2D eigenvalue weighted by atomic mass is 15.1. The van der Waals surface area contributed by atoms with Gasteiger partial charge in [-0.05, 0) is 29.5 Å². The summed E-state index contributed by atoms with van der Waals surface area (Å²) in [6.07, 6.45) is 0.979. The zero-order valence-electron chi connectivity index (χ0n) is 13.0. The maximum atomic E-state index is 9.34. The summed E-state index contributed by atoms with van der Waals surface area (Å²) in [6.45, 7) is 8.58. The highest BCUT2D eigenvalue weighted by Crippen LogP contribution is 2.27. The smallest absolute Gasteiger partial charge is 0.109 e. The van der Waals surface area contributed by atoms with Crippen molar-refractivity contribution in [2.45, 2.75) is 40.0 Å². The number of aryl methyl sites for hydroxylation is 1. The number of fused-ring (bicyclic) bond motifs is 1. The lowest BCUT2D eigenvalue weighted by atomic mass is 9.90. The van der Waals surface area contributed by atoms with Crippen molar-refractivity contribution in [3.8, 4) is 6.07 Å². The number of benzene rings is 1. The molecule has 0 N–H and O–H groups in total. The molecule has 0 aliphatic rings. The van der Waals surface area contributed by atoms with E-state index in [0.29, 0.717) is 11.8 Å². The van der Waals surface area contributed by atoms with E-state index in [1.165, 1.54) is 0 Å². The van der Waals surface area contributed by atoms with Crippen molar-refractivity contribution in [3.05, 3.63) is 29.6 Å². The van der Waals surface area contributed by atoms with Gasteiger partial charge in [0.25, 0.3) is 0 Å². The Bertz CT molecular complexity index is 644. The molecule has 3 heteroatoms. The van der Waals surface area contributed by atoms with Crippen molar-refractivity contribution in [1.82, 2.24) is 9.55 Å². The summed E-state index contributed by atoms with van der Waals surface area (Å²) in [5.74, 6) is 1.97. The zero-order valence-corrected chi connectivity index (χ0v) is 13.0. The summed E-state index contributed by atoms with van der Waals surface area (Å²) in [4.78, 5) is 4.70. The van der Waals surface area contributed by atoms with E-state index in [4.69, 9.17) is 4.98 Å². The Kier molecular flexibility index (Phi) is 4.13. The third-order valence-electron chi connectivity index (χ3n) is 3.75. The van der Waals surface area contributed by atoms with E-state index in [1.54, 1.807) is 0 Å². The van der Waals surface area contributed by atoms with Crippen LogP contribution in [0.25, 0.3) is 11.0 Å². The fraction of sp³-hybridized carbons (Fsp3) is 0.529. The Morgan fingerprint density at radius 1 is 1.25 bits per heavy atom. The summed E-state index contributed by atoms with van der Waals surface area (Å²) in [7, 11) is 2.06. The molecule has 0 aliphatic heterocycles. The molecule has 0 saturated carbocycles. The summed E-state index contributed by atoms with van der Waals surface area (Å²) >= 11 is 0. The predicted molar refractivity (Wildman–Crippen MR) is 82.4 cm³/mol. The van der Waals surface area contributed by atoms with Crippen LogP contribution in [0, 0.1) is 23.2 Å². The number of imidazole rings is 1. The van der Waals surface area contributed by atoms with Gasteiger partial charge in [-0.15, -0.1) is 0 Å². The largest absolute Gasteiger partial charge is 0.331 e. The highest BCUT2D eigenvalue weighted by molar-refractivity contribution is 5.77. The molecule has 1 heterocycles. The monoisotopic (exact) mass is 269 g/mol. The van der Waals surface area contributed by atoms with E-state index in [2.05, 4.69) is 51.4 Å². The number of hydrogen-bond donors (Lipinski definition) is 0. The van der Waals surface area contributed by atoms with Crippen LogP contribution in [0.4, 0.5) is 0 Å². The van der Waals surface area contributed by atoms with Gasteiger partial charge in [0.1, 0.15) is 5.82 Å². The van der Waals surface area contributed by atoms with E-state index < -0.39 is 0 Å².